The van der Waals surface area contributed by atoms with Gasteiger partial charge in [-0.15, -0.1) is 0 Å². The lowest BCUT2D eigenvalue weighted by molar-refractivity contribution is -0.141. The van der Waals surface area contributed by atoms with Crippen LogP contribution >= 0.6 is 0 Å². The van der Waals surface area contributed by atoms with Crippen LogP contribution in [-0.4, -0.2) is 96.4 Å². The van der Waals surface area contributed by atoms with Gasteiger partial charge in [0.15, 0.2) is 0 Å². The number of hydrogen-bond acceptors (Lipinski definition) is 7. The van der Waals surface area contributed by atoms with E-state index in [1.807, 2.05) is 79.4 Å². The van der Waals surface area contributed by atoms with Gasteiger partial charge >= 0.3 is 0 Å². The Kier molecular flexibility index (Phi) is 15.5. The number of benzene rings is 2. The number of carbonyl (C=O) groups is 4. The Morgan fingerprint density at radius 1 is 0.722 bits per heavy atom. The predicted molar refractivity (Wildman–Crippen MR) is 213 cm³/mol. The molecule has 5 rings (SSSR count). The molecule has 3 aliphatic rings. The molecule has 4 atom stereocenters. The molecule has 2 aromatic carbocycles. The highest BCUT2D eigenvalue weighted by atomic mass is 16.2. The number of hydrogen-bond donors (Lipinski definition) is 5. The minimum absolute atomic E-state index is 0.0571. The standard InChI is InChI=1S/C43H65N7O4/c1-31(2)26-37(48-41(53)38(28-33-16-8-4-9-17-33)47-39(51)35(45)27-32-14-6-3-7-15-32)40(52)46-36(18-10-11-21-44)42(54)50-24-19-43(20-25-50)29-34(30-43)49-22-12-5-13-23-49/h3-4,6-9,14-17,31,34-38H,5,10-13,18-30,44-45H2,1-2H3,(H,46,52)(H,47,51)(H,48,53). The molecular formula is C43H65N7O4. The van der Waals surface area contributed by atoms with Crippen molar-refractivity contribution in [2.45, 2.75) is 128 Å². The molecule has 4 amide bonds. The van der Waals surface area contributed by atoms with Gasteiger partial charge in [-0.25, -0.2) is 0 Å². The Balaban J connectivity index is 1.22. The molecule has 2 aliphatic heterocycles. The van der Waals surface area contributed by atoms with E-state index in [1.165, 1.54) is 45.2 Å². The first-order valence-electron chi connectivity index (χ1n) is 20.5. The van der Waals surface area contributed by atoms with E-state index in [2.05, 4.69) is 20.9 Å². The monoisotopic (exact) mass is 744 g/mol. The van der Waals surface area contributed by atoms with Crippen LogP contribution in [0.5, 0.6) is 0 Å². The molecule has 3 fully saturated rings. The molecule has 2 aromatic rings. The van der Waals surface area contributed by atoms with Gasteiger partial charge in [0.2, 0.25) is 23.6 Å². The zero-order chi connectivity index (χ0) is 38.5. The lowest BCUT2D eigenvalue weighted by atomic mass is 9.60. The number of nitrogens with zero attached hydrogens (tertiary/aromatic N) is 2. The van der Waals surface area contributed by atoms with Gasteiger partial charge in [0.1, 0.15) is 18.1 Å². The molecule has 1 aliphatic carbocycles. The molecule has 7 N–H and O–H groups in total. The van der Waals surface area contributed by atoms with Crippen LogP contribution in [0, 0.1) is 11.3 Å². The van der Waals surface area contributed by atoms with Gasteiger partial charge in [-0.1, -0.05) is 80.9 Å². The minimum Gasteiger partial charge on any atom is -0.343 e. The van der Waals surface area contributed by atoms with E-state index in [9.17, 15) is 19.2 Å². The number of nitrogens with two attached hydrogens (primary N) is 2. The van der Waals surface area contributed by atoms with Crippen molar-refractivity contribution in [2.24, 2.45) is 22.8 Å². The fourth-order valence-electron chi connectivity index (χ4n) is 8.61. The lowest BCUT2D eigenvalue weighted by Crippen LogP contribution is -2.60. The SMILES string of the molecule is CC(C)CC(NC(=O)C(Cc1ccccc1)NC(=O)C(N)Cc1ccccc1)C(=O)NC(CCCCN)C(=O)N1CCC2(CC1)CC(N1CCCCC1)C2. The van der Waals surface area contributed by atoms with Crippen LogP contribution in [0.2, 0.25) is 0 Å². The number of nitrogens with one attached hydrogen (secondary N) is 3. The van der Waals surface area contributed by atoms with Crippen LogP contribution in [0.3, 0.4) is 0 Å². The topological polar surface area (TPSA) is 163 Å². The fourth-order valence-corrected chi connectivity index (χ4v) is 8.61. The predicted octanol–water partition coefficient (Wildman–Crippen LogP) is 3.69. The lowest BCUT2D eigenvalue weighted by Gasteiger charge is -2.56. The number of unbranched alkanes of at least 4 members (excludes halogenated alkanes) is 1. The van der Waals surface area contributed by atoms with E-state index in [1.54, 1.807) is 0 Å². The Bertz CT molecular complexity index is 1480. The highest BCUT2D eigenvalue weighted by Crippen LogP contribution is 2.51. The maximum Gasteiger partial charge on any atom is 0.245 e. The molecule has 11 nitrogen and oxygen atoms in total. The van der Waals surface area contributed by atoms with Gasteiger partial charge in [0.05, 0.1) is 6.04 Å². The summed E-state index contributed by atoms with van der Waals surface area (Å²) in [5, 5.41) is 8.89. The Morgan fingerprint density at radius 3 is 1.87 bits per heavy atom. The average molecular weight is 744 g/mol. The van der Waals surface area contributed by atoms with Crippen molar-refractivity contribution in [1.82, 2.24) is 25.8 Å². The van der Waals surface area contributed by atoms with Crippen molar-refractivity contribution in [1.29, 1.82) is 0 Å². The van der Waals surface area contributed by atoms with Crippen LogP contribution in [0.15, 0.2) is 60.7 Å². The van der Waals surface area contributed by atoms with Crippen LogP contribution < -0.4 is 27.4 Å². The van der Waals surface area contributed by atoms with E-state index >= 15 is 0 Å². The summed E-state index contributed by atoms with van der Waals surface area (Å²) in [6.45, 7) is 8.33. The van der Waals surface area contributed by atoms with Gasteiger partial charge in [-0.2, -0.15) is 0 Å². The Hall–Kier alpha value is -3.80. The largest absolute Gasteiger partial charge is 0.343 e. The molecule has 0 radical (unpaired) electrons. The first kappa shape index (κ1) is 41.4. The number of rotatable bonds is 18. The first-order valence-corrected chi connectivity index (χ1v) is 20.5. The van der Waals surface area contributed by atoms with Crippen molar-refractivity contribution in [3.05, 3.63) is 71.8 Å². The maximum atomic E-state index is 14.1. The average Bonchev–Trinajstić information content (AvgIpc) is 3.16. The normalized spacial score (nSPS) is 19.7. The highest BCUT2D eigenvalue weighted by molar-refractivity contribution is 5.95. The van der Waals surface area contributed by atoms with Gasteiger partial charge in [-0.05, 0) is 113 Å². The third-order valence-electron chi connectivity index (χ3n) is 11.8. The van der Waals surface area contributed by atoms with Crippen molar-refractivity contribution >= 4 is 23.6 Å². The molecule has 54 heavy (non-hydrogen) atoms. The number of amides is 4. The summed E-state index contributed by atoms with van der Waals surface area (Å²) in [5.41, 5.74) is 14.2. The Morgan fingerprint density at radius 2 is 1.28 bits per heavy atom. The van der Waals surface area contributed by atoms with E-state index in [4.69, 9.17) is 11.5 Å². The van der Waals surface area contributed by atoms with Crippen LogP contribution in [-0.2, 0) is 32.0 Å². The van der Waals surface area contributed by atoms with Crippen molar-refractivity contribution in [3.63, 3.8) is 0 Å². The molecule has 1 saturated carbocycles. The second-order valence-corrected chi connectivity index (χ2v) is 16.6. The summed E-state index contributed by atoms with van der Waals surface area (Å²) in [6, 6.07) is 16.2. The van der Waals surface area contributed by atoms with Gasteiger partial charge < -0.3 is 37.2 Å². The van der Waals surface area contributed by atoms with Crippen LogP contribution in [0.1, 0.15) is 95.6 Å². The smallest absolute Gasteiger partial charge is 0.245 e. The summed E-state index contributed by atoms with van der Waals surface area (Å²) in [7, 11) is 0. The third kappa shape index (κ3) is 11.8. The third-order valence-corrected chi connectivity index (χ3v) is 11.8. The number of piperidine rings is 2. The van der Waals surface area contributed by atoms with Crippen molar-refractivity contribution in [2.75, 3.05) is 32.7 Å². The second kappa shape index (κ2) is 20.2. The summed E-state index contributed by atoms with van der Waals surface area (Å²) >= 11 is 0. The quantitative estimate of drug-likeness (QED) is 0.146. The fraction of sp³-hybridized carbons (Fsp3) is 0.628. The molecule has 2 heterocycles. The minimum atomic E-state index is -0.965. The van der Waals surface area contributed by atoms with Gasteiger partial charge in [0, 0.05) is 25.6 Å². The molecule has 11 heteroatoms. The summed E-state index contributed by atoms with van der Waals surface area (Å²) in [5.74, 6) is -1.31. The zero-order valence-electron chi connectivity index (χ0n) is 32.6. The van der Waals surface area contributed by atoms with E-state index in [0.717, 1.165) is 30.4 Å². The molecular weight excluding hydrogens is 679 g/mol. The number of likely N-dealkylation sites (tertiary alicyclic amines) is 2. The summed E-state index contributed by atoms with van der Waals surface area (Å²) < 4.78 is 0. The summed E-state index contributed by atoms with van der Waals surface area (Å²) in [4.78, 5) is 60.1. The molecule has 4 unspecified atom stereocenters. The molecule has 0 bridgehead atoms. The molecule has 2 saturated heterocycles. The molecule has 1 spiro atoms. The van der Waals surface area contributed by atoms with Crippen molar-refractivity contribution < 1.29 is 19.2 Å². The number of carbonyl (C=O) groups excluding carboxylic acids is 4. The van der Waals surface area contributed by atoms with Gasteiger partial charge in [-0.3, -0.25) is 19.2 Å². The molecule has 0 aromatic heterocycles. The van der Waals surface area contributed by atoms with Gasteiger partial charge in [0.25, 0.3) is 0 Å². The van der Waals surface area contributed by atoms with Crippen LogP contribution in [0.4, 0.5) is 0 Å². The summed E-state index contributed by atoms with van der Waals surface area (Å²) in [6.07, 6.45) is 11.3. The Labute approximate surface area is 322 Å². The first-order chi connectivity index (χ1) is 26.1. The maximum absolute atomic E-state index is 14.1. The van der Waals surface area contributed by atoms with E-state index in [0.29, 0.717) is 56.8 Å². The van der Waals surface area contributed by atoms with Crippen LogP contribution in [0.25, 0.3) is 0 Å². The zero-order valence-corrected chi connectivity index (χ0v) is 32.6. The second-order valence-electron chi connectivity index (χ2n) is 16.6. The molecule has 296 valence electrons. The van der Waals surface area contributed by atoms with Crippen molar-refractivity contribution in [3.8, 4) is 0 Å². The van der Waals surface area contributed by atoms with E-state index in [-0.39, 0.29) is 18.2 Å². The van der Waals surface area contributed by atoms with E-state index < -0.39 is 41.9 Å². The highest BCUT2D eigenvalue weighted by Gasteiger charge is 2.48.